The lowest BCUT2D eigenvalue weighted by Gasteiger charge is -2.59. The standard InChI is InChI=1S/C20H23ClN2O4/c21-20-8-12-5-13(9-20)7-19(6-12,11-20)18(25)23-22-17(24)16-10-26-14-3-1-2-4-15(14)27-16/h1-4,12-13,16H,5-11H2,(H,22,24)(H,23,25). The molecule has 1 aromatic carbocycles. The number of fused-ring (bicyclic) bond motifs is 1. The van der Waals surface area contributed by atoms with Crippen LogP contribution in [0, 0.1) is 17.3 Å². The van der Waals surface area contributed by atoms with Gasteiger partial charge in [0.2, 0.25) is 12.0 Å². The molecule has 27 heavy (non-hydrogen) atoms. The summed E-state index contributed by atoms with van der Waals surface area (Å²) in [7, 11) is 0. The van der Waals surface area contributed by atoms with Crippen LogP contribution in [-0.2, 0) is 9.59 Å². The van der Waals surface area contributed by atoms with E-state index in [1.165, 1.54) is 6.42 Å². The molecule has 0 aromatic heterocycles. The van der Waals surface area contributed by atoms with Crippen LogP contribution in [0.2, 0.25) is 0 Å². The van der Waals surface area contributed by atoms with Crippen LogP contribution in [0.4, 0.5) is 0 Å². The van der Waals surface area contributed by atoms with E-state index in [1.807, 2.05) is 12.1 Å². The van der Waals surface area contributed by atoms with Crippen LogP contribution in [0.25, 0.3) is 0 Å². The van der Waals surface area contributed by atoms with Crippen molar-refractivity contribution in [1.82, 2.24) is 10.9 Å². The van der Waals surface area contributed by atoms with Crippen molar-refractivity contribution >= 4 is 23.4 Å². The van der Waals surface area contributed by atoms with Crippen LogP contribution < -0.4 is 20.3 Å². The number of alkyl halides is 1. The van der Waals surface area contributed by atoms with Gasteiger partial charge in [0.1, 0.15) is 6.61 Å². The fraction of sp³-hybridized carbons (Fsp3) is 0.600. The lowest BCUT2D eigenvalue weighted by molar-refractivity contribution is -0.148. The van der Waals surface area contributed by atoms with Gasteiger partial charge in [-0.15, -0.1) is 11.6 Å². The molecule has 2 amide bonds. The van der Waals surface area contributed by atoms with Crippen molar-refractivity contribution < 1.29 is 19.1 Å². The lowest BCUT2D eigenvalue weighted by atomic mass is 9.49. The number of benzene rings is 1. The third-order valence-corrected chi connectivity index (χ3v) is 7.01. The summed E-state index contributed by atoms with van der Waals surface area (Å²) >= 11 is 6.79. The molecule has 0 radical (unpaired) electrons. The zero-order valence-corrected chi connectivity index (χ0v) is 15.8. The van der Waals surface area contributed by atoms with Crippen LogP contribution in [0.5, 0.6) is 11.5 Å². The summed E-state index contributed by atoms with van der Waals surface area (Å²) in [4.78, 5) is 25.2. The lowest BCUT2D eigenvalue weighted by Crippen LogP contribution is -2.61. The van der Waals surface area contributed by atoms with Gasteiger partial charge in [0.15, 0.2) is 11.5 Å². The molecule has 4 saturated carbocycles. The van der Waals surface area contributed by atoms with Crippen molar-refractivity contribution in [2.24, 2.45) is 17.3 Å². The van der Waals surface area contributed by atoms with Gasteiger partial charge in [-0.25, -0.2) is 0 Å². The maximum Gasteiger partial charge on any atom is 0.283 e. The number of hydrogen-bond donors (Lipinski definition) is 2. The van der Waals surface area contributed by atoms with Crippen molar-refractivity contribution in [3.63, 3.8) is 0 Å². The van der Waals surface area contributed by atoms with Crippen LogP contribution in [0.3, 0.4) is 0 Å². The number of para-hydroxylation sites is 2. The van der Waals surface area contributed by atoms with Gasteiger partial charge in [-0.05, 0) is 62.5 Å². The molecule has 1 heterocycles. The van der Waals surface area contributed by atoms with Gasteiger partial charge in [-0.1, -0.05) is 12.1 Å². The Morgan fingerprint density at radius 3 is 2.44 bits per heavy atom. The molecule has 0 spiro atoms. The van der Waals surface area contributed by atoms with Gasteiger partial charge in [-0.2, -0.15) is 0 Å². The highest BCUT2D eigenvalue weighted by atomic mass is 35.5. The highest BCUT2D eigenvalue weighted by Crippen LogP contribution is 2.63. The monoisotopic (exact) mass is 390 g/mol. The molecule has 2 N–H and O–H groups in total. The summed E-state index contributed by atoms with van der Waals surface area (Å²) in [6, 6.07) is 7.21. The minimum absolute atomic E-state index is 0.110. The minimum Gasteiger partial charge on any atom is -0.485 e. The molecular weight excluding hydrogens is 368 g/mol. The van der Waals surface area contributed by atoms with E-state index in [0.29, 0.717) is 29.8 Å². The molecule has 6 nitrogen and oxygen atoms in total. The highest BCUT2D eigenvalue weighted by molar-refractivity contribution is 6.24. The molecule has 3 atom stereocenters. The number of rotatable bonds is 2. The second-order valence-electron chi connectivity index (χ2n) is 8.70. The van der Waals surface area contributed by atoms with Crippen LogP contribution in [-0.4, -0.2) is 29.4 Å². The molecule has 4 aliphatic carbocycles. The van der Waals surface area contributed by atoms with Crippen molar-refractivity contribution in [2.75, 3.05) is 6.61 Å². The Kier molecular flexibility index (Phi) is 3.83. The van der Waals surface area contributed by atoms with Crippen molar-refractivity contribution in [3.05, 3.63) is 24.3 Å². The summed E-state index contributed by atoms with van der Waals surface area (Å²) in [5.74, 6) is 1.66. The molecular formula is C20H23ClN2O4. The van der Waals surface area contributed by atoms with E-state index in [-0.39, 0.29) is 17.4 Å². The predicted molar refractivity (Wildman–Crippen MR) is 98.3 cm³/mol. The second-order valence-corrected chi connectivity index (χ2v) is 9.50. The normalized spacial score (nSPS) is 38.3. The zero-order valence-electron chi connectivity index (χ0n) is 15.0. The van der Waals surface area contributed by atoms with E-state index in [1.54, 1.807) is 12.1 Å². The van der Waals surface area contributed by atoms with E-state index in [0.717, 1.165) is 25.7 Å². The highest BCUT2D eigenvalue weighted by Gasteiger charge is 2.60. The number of amides is 2. The van der Waals surface area contributed by atoms with E-state index in [9.17, 15) is 9.59 Å². The molecule has 5 aliphatic rings. The summed E-state index contributed by atoms with van der Waals surface area (Å²) in [6.07, 6.45) is 4.86. The first-order valence-corrected chi connectivity index (χ1v) is 10.0. The predicted octanol–water partition coefficient (Wildman–Crippen LogP) is 2.55. The fourth-order valence-electron chi connectivity index (χ4n) is 5.90. The molecule has 6 rings (SSSR count). The van der Waals surface area contributed by atoms with Gasteiger partial charge in [0.25, 0.3) is 5.91 Å². The molecule has 1 aliphatic heterocycles. The number of halogens is 1. The van der Waals surface area contributed by atoms with Gasteiger partial charge in [0.05, 0.1) is 5.41 Å². The largest absolute Gasteiger partial charge is 0.485 e. The number of hydrogen-bond acceptors (Lipinski definition) is 4. The zero-order chi connectivity index (χ0) is 18.6. The van der Waals surface area contributed by atoms with E-state index < -0.39 is 17.4 Å². The van der Waals surface area contributed by atoms with Crippen LogP contribution >= 0.6 is 11.6 Å². The Morgan fingerprint density at radius 1 is 1.04 bits per heavy atom. The van der Waals surface area contributed by atoms with E-state index in [4.69, 9.17) is 21.1 Å². The SMILES string of the molecule is O=C(NNC(=O)C12CC3CC(CC(Cl)(C3)C1)C2)C1COc2ccccc2O1. The Bertz CT molecular complexity index is 784. The van der Waals surface area contributed by atoms with Gasteiger partial charge >= 0.3 is 0 Å². The molecule has 0 saturated heterocycles. The Labute approximate surface area is 162 Å². The quantitative estimate of drug-likeness (QED) is 0.601. The maximum absolute atomic E-state index is 13.0. The Hall–Kier alpha value is -1.95. The maximum atomic E-state index is 13.0. The minimum atomic E-state index is -0.795. The third-order valence-electron chi connectivity index (χ3n) is 6.57. The topological polar surface area (TPSA) is 76.7 Å². The van der Waals surface area contributed by atoms with Crippen molar-refractivity contribution in [3.8, 4) is 11.5 Å². The second kappa shape index (κ2) is 6.03. The van der Waals surface area contributed by atoms with Crippen molar-refractivity contribution in [2.45, 2.75) is 49.5 Å². The summed E-state index contributed by atoms with van der Waals surface area (Å²) in [5, 5.41) is 0. The number of carbonyl (C=O) groups is 2. The molecule has 144 valence electrons. The van der Waals surface area contributed by atoms with Gasteiger partial charge in [0, 0.05) is 4.87 Å². The third kappa shape index (κ3) is 2.94. The molecule has 1 aromatic rings. The first-order valence-electron chi connectivity index (χ1n) is 9.62. The number of carbonyl (C=O) groups excluding carboxylic acids is 2. The van der Waals surface area contributed by atoms with Crippen LogP contribution in [0.1, 0.15) is 38.5 Å². The van der Waals surface area contributed by atoms with E-state index >= 15 is 0 Å². The van der Waals surface area contributed by atoms with Gasteiger partial charge in [-0.3, -0.25) is 20.4 Å². The van der Waals surface area contributed by atoms with Gasteiger partial charge < -0.3 is 9.47 Å². The fourth-order valence-corrected chi connectivity index (χ4v) is 6.59. The Morgan fingerprint density at radius 2 is 1.74 bits per heavy atom. The molecule has 7 heteroatoms. The molecule has 4 bridgehead atoms. The molecule has 3 unspecified atom stereocenters. The summed E-state index contributed by atoms with van der Waals surface area (Å²) in [5.41, 5.74) is 4.73. The van der Waals surface area contributed by atoms with Crippen LogP contribution in [0.15, 0.2) is 24.3 Å². The number of ether oxygens (including phenoxy) is 2. The first kappa shape index (κ1) is 17.2. The summed E-state index contributed by atoms with van der Waals surface area (Å²) < 4.78 is 11.2. The number of nitrogens with one attached hydrogen (secondary N) is 2. The summed E-state index contributed by atoms with van der Waals surface area (Å²) in [6.45, 7) is 0.110. The number of hydrazine groups is 1. The smallest absolute Gasteiger partial charge is 0.283 e. The average Bonchev–Trinajstić information content (AvgIpc) is 2.63. The van der Waals surface area contributed by atoms with E-state index in [2.05, 4.69) is 10.9 Å². The molecule has 4 fully saturated rings. The van der Waals surface area contributed by atoms with Crippen molar-refractivity contribution in [1.29, 1.82) is 0 Å². The average molecular weight is 391 g/mol. The first-order chi connectivity index (χ1) is 12.9. The Balaban J connectivity index is 1.22.